The maximum atomic E-state index is 4.95. The van der Waals surface area contributed by atoms with Crippen LogP contribution >= 0.6 is 12.2 Å². The van der Waals surface area contributed by atoms with Gasteiger partial charge in [-0.15, -0.1) is 0 Å². The van der Waals surface area contributed by atoms with E-state index in [-0.39, 0.29) is 5.54 Å². The average Bonchev–Trinajstić information content (AvgIpc) is 1.86. The van der Waals surface area contributed by atoms with Crippen LogP contribution in [0.25, 0.3) is 0 Å². The zero-order valence-electron chi connectivity index (χ0n) is 7.32. The van der Waals surface area contributed by atoms with Crippen LogP contribution < -0.4 is 15.5 Å². The van der Waals surface area contributed by atoms with Crippen LogP contribution in [-0.2, 0) is 0 Å². The van der Waals surface area contributed by atoms with Gasteiger partial charge in [0.25, 0.3) is 0 Å². The summed E-state index contributed by atoms with van der Waals surface area (Å²) in [5.41, 5.74) is 0.288. The van der Waals surface area contributed by atoms with Gasteiger partial charge >= 0.3 is 0 Å². The Morgan fingerprint density at radius 1 is 1.27 bits per heavy atom. The number of hydrogen-bond donors (Lipinski definition) is 3. The van der Waals surface area contributed by atoms with Gasteiger partial charge in [-0.2, -0.15) is 0 Å². The first kappa shape index (κ1) is 8.74. The maximum absolute atomic E-state index is 4.95. The van der Waals surface area contributed by atoms with Gasteiger partial charge < -0.3 is 10.6 Å². The summed E-state index contributed by atoms with van der Waals surface area (Å²) in [4.78, 5) is 1.48. The van der Waals surface area contributed by atoms with Gasteiger partial charge in [-0.1, -0.05) is 0 Å². The Labute approximate surface area is 73.1 Å². The third kappa shape index (κ3) is 2.31. The fourth-order valence-corrected chi connectivity index (χ4v) is 1.17. The highest BCUT2D eigenvalue weighted by atomic mass is 32.1. The van der Waals surface area contributed by atoms with E-state index in [1.807, 2.05) is 0 Å². The molecule has 4 heteroatoms. The molecule has 1 aliphatic rings. The zero-order chi connectivity index (χ0) is 8.48. The third-order valence-corrected chi connectivity index (χ3v) is 2.27. The Hall–Kier alpha value is -0.350. The summed E-state index contributed by atoms with van der Waals surface area (Å²) in [5.74, 6) is 0. The molecule has 0 radical (unpaired) electrons. The minimum Gasteiger partial charge on any atom is -0.316 e. The molecule has 0 aromatic heterocycles. The van der Waals surface area contributed by atoms with E-state index in [1.54, 1.807) is 0 Å². The molecule has 3 N–H and O–H groups in total. The second kappa shape index (κ2) is 2.95. The molecular weight excluding hydrogens is 158 g/mol. The molecule has 0 aliphatic carbocycles. The van der Waals surface area contributed by atoms with Gasteiger partial charge in [0.15, 0.2) is 18.4 Å². The predicted molar refractivity (Wildman–Crippen MR) is 49.3 cm³/mol. The fourth-order valence-electron chi connectivity index (χ4n) is 1.03. The highest BCUT2D eigenvalue weighted by Gasteiger charge is 2.27. The van der Waals surface area contributed by atoms with Crippen molar-refractivity contribution in [2.45, 2.75) is 26.3 Å². The fraction of sp³-hybridized carbons (Fsp3) is 0.857. The molecule has 0 amide bonds. The van der Waals surface area contributed by atoms with E-state index >= 15 is 0 Å². The van der Waals surface area contributed by atoms with E-state index in [2.05, 4.69) is 31.4 Å². The first-order chi connectivity index (χ1) is 5.00. The molecule has 0 aromatic rings. The highest BCUT2D eigenvalue weighted by molar-refractivity contribution is 7.80. The Kier molecular flexibility index (Phi) is 2.34. The highest BCUT2D eigenvalue weighted by Crippen LogP contribution is 1.91. The topological polar surface area (TPSA) is 28.5 Å². The van der Waals surface area contributed by atoms with E-state index in [9.17, 15) is 0 Å². The van der Waals surface area contributed by atoms with Gasteiger partial charge in [-0.25, -0.2) is 0 Å². The van der Waals surface area contributed by atoms with E-state index in [4.69, 9.17) is 12.2 Å². The van der Waals surface area contributed by atoms with Gasteiger partial charge in [-0.05, 0) is 33.0 Å². The standard InChI is InChI=1S/C7H15N3S/c1-7(2,3)10-4-8-6(11)9-5-10/h4-5H2,1-3H3,(H2,8,9,11)/p+1. The largest absolute Gasteiger partial charge is 0.316 e. The van der Waals surface area contributed by atoms with Crippen molar-refractivity contribution in [3.05, 3.63) is 0 Å². The second-order valence-corrected chi connectivity index (χ2v) is 4.30. The quantitative estimate of drug-likeness (QED) is 0.414. The van der Waals surface area contributed by atoms with Gasteiger partial charge in [0.05, 0.1) is 5.54 Å². The molecule has 0 saturated carbocycles. The Balaban J connectivity index is 2.45. The van der Waals surface area contributed by atoms with Crippen LogP contribution in [0.1, 0.15) is 20.8 Å². The maximum Gasteiger partial charge on any atom is 0.174 e. The molecule has 0 atom stereocenters. The molecule has 1 saturated heterocycles. The van der Waals surface area contributed by atoms with Crippen LogP contribution in [-0.4, -0.2) is 24.0 Å². The van der Waals surface area contributed by atoms with Crippen LogP contribution in [0.5, 0.6) is 0 Å². The summed E-state index contributed by atoms with van der Waals surface area (Å²) >= 11 is 4.95. The number of rotatable bonds is 0. The molecule has 0 spiro atoms. The minimum absolute atomic E-state index is 0.288. The Morgan fingerprint density at radius 2 is 1.73 bits per heavy atom. The normalized spacial score (nSPS) is 20.8. The van der Waals surface area contributed by atoms with E-state index < -0.39 is 0 Å². The molecule has 0 bridgehead atoms. The number of nitrogens with one attached hydrogen (secondary N) is 3. The van der Waals surface area contributed by atoms with Crippen molar-refractivity contribution in [3.8, 4) is 0 Å². The number of thiocarbonyl (C=S) groups is 1. The first-order valence-electron chi connectivity index (χ1n) is 3.87. The summed E-state index contributed by atoms with van der Waals surface area (Å²) in [6.45, 7) is 8.52. The van der Waals surface area contributed by atoms with E-state index in [0.29, 0.717) is 0 Å². The summed E-state index contributed by atoms with van der Waals surface area (Å²) < 4.78 is 0. The van der Waals surface area contributed by atoms with E-state index in [0.717, 1.165) is 18.4 Å². The lowest BCUT2D eigenvalue weighted by molar-refractivity contribution is -0.952. The van der Waals surface area contributed by atoms with Crippen LogP contribution in [0.15, 0.2) is 0 Å². The summed E-state index contributed by atoms with van der Waals surface area (Å²) in [6.07, 6.45) is 0. The second-order valence-electron chi connectivity index (χ2n) is 3.89. The number of hydrogen-bond acceptors (Lipinski definition) is 1. The monoisotopic (exact) mass is 174 g/mol. The van der Waals surface area contributed by atoms with Gasteiger partial charge in [0, 0.05) is 0 Å². The lowest BCUT2D eigenvalue weighted by Crippen LogP contribution is -3.23. The van der Waals surface area contributed by atoms with Crippen molar-refractivity contribution < 1.29 is 4.90 Å². The van der Waals surface area contributed by atoms with Crippen molar-refractivity contribution in [1.29, 1.82) is 0 Å². The summed E-state index contributed by atoms with van der Waals surface area (Å²) in [5, 5.41) is 7.02. The SMILES string of the molecule is CC(C)(C)[NH+]1CNC(=S)NC1. The molecule has 1 heterocycles. The molecule has 1 fully saturated rings. The molecule has 11 heavy (non-hydrogen) atoms. The molecule has 1 rings (SSSR count). The van der Waals surface area contributed by atoms with E-state index in [1.165, 1.54) is 4.90 Å². The molecular formula is C7H16N3S+. The summed E-state index contributed by atoms with van der Waals surface area (Å²) in [6, 6.07) is 0. The smallest absolute Gasteiger partial charge is 0.174 e. The minimum atomic E-state index is 0.288. The van der Waals surface area contributed by atoms with Crippen LogP contribution in [0, 0.1) is 0 Å². The lowest BCUT2D eigenvalue weighted by atomic mass is 10.1. The average molecular weight is 174 g/mol. The van der Waals surface area contributed by atoms with Crippen molar-refractivity contribution in [1.82, 2.24) is 10.6 Å². The Morgan fingerprint density at radius 3 is 2.09 bits per heavy atom. The zero-order valence-corrected chi connectivity index (χ0v) is 8.14. The first-order valence-corrected chi connectivity index (χ1v) is 4.28. The molecule has 64 valence electrons. The van der Waals surface area contributed by atoms with Gasteiger partial charge in [0.2, 0.25) is 0 Å². The van der Waals surface area contributed by atoms with Crippen molar-refractivity contribution in [2.24, 2.45) is 0 Å². The van der Waals surface area contributed by atoms with Crippen LogP contribution in [0.4, 0.5) is 0 Å². The van der Waals surface area contributed by atoms with Crippen molar-refractivity contribution in [3.63, 3.8) is 0 Å². The summed E-state index contributed by atoms with van der Waals surface area (Å²) in [7, 11) is 0. The van der Waals surface area contributed by atoms with Crippen molar-refractivity contribution in [2.75, 3.05) is 13.3 Å². The number of quaternary nitrogens is 1. The Bertz CT molecular complexity index is 152. The molecule has 0 aromatic carbocycles. The predicted octanol–water partition coefficient (Wildman–Crippen LogP) is -0.937. The third-order valence-electron chi connectivity index (χ3n) is 1.99. The molecule has 3 nitrogen and oxygen atoms in total. The van der Waals surface area contributed by atoms with Crippen molar-refractivity contribution >= 4 is 17.3 Å². The van der Waals surface area contributed by atoms with Gasteiger partial charge in [0.1, 0.15) is 0 Å². The van der Waals surface area contributed by atoms with Crippen LogP contribution in [0.3, 0.4) is 0 Å². The van der Waals surface area contributed by atoms with Crippen LogP contribution in [0.2, 0.25) is 0 Å². The molecule has 1 aliphatic heterocycles. The lowest BCUT2D eigenvalue weighted by Gasteiger charge is -2.36. The van der Waals surface area contributed by atoms with Gasteiger partial charge in [-0.3, -0.25) is 4.90 Å². The molecule has 0 unspecified atom stereocenters.